The zero-order valence-electron chi connectivity index (χ0n) is 13.7. The smallest absolute Gasteiger partial charge is 0.0896 e. The molecule has 2 aliphatic carbocycles. The zero-order chi connectivity index (χ0) is 15.4. The Kier molecular flexibility index (Phi) is 5.03. The number of hydrogen-bond donors (Lipinski definition) is 1. The Morgan fingerprint density at radius 3 is 2.14 bits per heavy atom. The summed E-state index contributed by atoms with van der Waals surface area (Å²) in [6.07, 6.45) is 13.1. The largest absolute Gasteiger partial charge is 0.385 e. The molecule has 1 heteroatoms. The van der Waals surface area contributed by atoms with Gasteiger partial charge in [0.05, 0.1) is 5.60 Å². The lowest BCUT2D eigenvalue weighted by Crippen LogP contribution is -2.34. The van der Waals surface area contributed by atoms with Gasteiger partial charge in [0, 0.05) is 0 Å². The van der Waals surface area contributed by atoms with Crippen LogP contribution in [0, 0.1) is 17.8 Å². The van der Waals surface area contributed by atoms with Crippen LogP contribution >= 0.6 is 0 Å². The molecule has 0 atom stereocenters. The van der Waals surface area contributed by atoms with Crippen molar-refractivity contribution in [3.05, 3.63) is 48.6 Å². The van der Waals surface area contributed by atoms with E-state index in [1.54, 1.807) is 0 Å². The fraction of sp³-hybridized carbons (Fsp3) is 0.619. The minimum Gasteiger partial charge on any atom is -0.385 e. The molecule has 1 aromatic carbocycles. The van der Waals surface area contributed by atoms with Crippen LogP contribution in [0.1, 0.15) is 63.4 Å². The molecule has 0 radical (unpaired) electrons. The second kappa shape index (κ2) is 7.00. The molecular formula is C21H30O. The first-order valence-electron chi connectivity index (χ1n) is 9.10. The second-order valence-corrected chi connectivity index (χ2v) is 7.54. The van der Waals surface area contributed by atoms with Gasteiger partial charge in [0.25, 0.3) is 0 Å². The van der Waals surface area contributed by atoms with E-state index in [2.05, 4.69) is 24.8 Å². The van der Waals surface area contributed by atoms with E-state index in [9.17, 15) is 5.11 Å². The van der Waals surface area contributed by atoms with Crippen LogP contribution in [0.25, 0.3) is 0 Å². The molecule has 0 heterocycles. The molecule has 2 saturated carbocycles. The topological polar surface area (TPSA) is 20.2 Å². The van der Waals surface area contributed by atoms with Crippen molar-refractivity contribution in [1.82, 2.24) is 0 Å². The molecule has 3 rings (SSSR count). The maximum Gasteiger partial charge on any atom is 0.0896 e. The van der Waals surface area contributed by atoms with E-state index >= 15 is 0 Å². The average molecular weight is 298 g/mol. The van der Waals surface area contributed by atoms with E-state index < -0.39 is 5.60 Å². The number of allylic oxidation sites excluding steroid dienone is 1. The van der Waals surface area contributed by atoms with E-state index in [0.29, 0.717) is 0 Å². The SMILES string of the molecule is C=CCC1CCC(C2CCC(O)(c3ccccc3)CC2)CC1. The molecule has 0 amide bonds. The first-order chi connectivity index (χ1) is 10.7. The third-order valence-corrected chi connectivity index (χ3v) is 6.23. The Hall–Kier alpha value is -1.08. The van der Waals surface area contributed by atoms with E-state index in [1.165, 1.54) is 44.9 Å². The van der Waals surface area contributed by atoms with Crippen molar-refractivity contribution in [2.75, 3.05) is 0 Å². The second-order valence-electron chi connectivity index (χ2n) is 7.54. The van der Waals surface area contributed by atoms with Gasteiger partial charge in [0.15, 0.2) is 0 Å². The molecule has 0 unspecified atom stereocenters. The molecule has 120 valence electrons. The van der Waals surface area contributed by atoms with Gasteiger partial charge in [-0.1, -0.05) is 36.4 Å². The minimum atomic E-state index is -0.572. The maximum atomic E-state index is 11.0. The maximum absolute atomic E-state index is 11.0. The van der Waals surface area contributed by atoms with Gasteiger partial charge in [-0.05, 0) is 81.1 Å². The lowest BCUT2D eigenvalue weighted by molar-refractivity contribution is -0.0259. The van der Waals surface area contributed by atoms with Crippen LogP contribution in [0.5, 0.6) is 0 Å². The predicted octanol–water partition coefficient (Wildman–Crippen LogP) is 5.45. The van der Waals surface area contributed by atoms with Gasteiger partial charge in [-0.15, -0.1) is 6.58 Å². The lowest BCUT2D eigenvalue weighted by atomic mass is 9.66. The minimum absolute atomic E-state index is 0.572. The zero-order valence-corrected chi connectivity index (χ0v) is 13.7. The van der Waals surface area contributed by atoms with E-state index in [1.807, 2.05) is 18.2 Å². The van der Waals surface area contributed by atoms with Crippen molar-refractivity contribution in [3.8, 4) is 0 Å². The molecule has 1 aromatic rings. The Labute approximate surface area is 135 Å². The summed E-state index contributed by atoms with van der Waals surface area (Å²) >= 11 is 0. The van der Waals surface area contributed by atoms with Gasteiger partial charge in [0.2, 0.25) is 0 Å². The summed E-state index contributed by atoms with van der Waals surface area (Å²) in [6, 6.07) is 10.3. The molecule has 2 fully saturated rings. The summed E-state index contributed by atoms with van der Waals surface area (Å²) in [5.74, 6) is 2.63. The third kappa shape index (κ3) is 3.46. The summed E-state index contributed by atoms with van der Waals surface area (Å²) in [5, 5.41) is 11.0. The predicted molar refractivity (Wildman–Crippen MR) is 92.6 cm³/mol. The molecule has 1 N–H and O–H groups in total. The number of benzene rings is 1. The van der Waals surface area contributed by atoms with Gasteiger partial charge in [-0.2, -0.15) is 0 Å². The highest BCUT2D eigenvalue weighted by Gasteiger charge is 2.37. The Morgan fingerprint density at radius 2 is 1.55 bits per heavy atom. The number of rotatable bonds is 4. The molecule has 1 nitrogen and oxygen atoms in total. The van der Waals surface area contributed by atoms with Gasteiger partial charge in [-0.3, -0.25) is 0 Å². The van der Waals surface area contributed by atoms with Gasteiger partial charge in [-0.25, -0.2) is 0 Å². The lowest BCUT2D eigenvalue weighted by Gasteiger charge is -2.41. The van der Waals surface area contributed by atoms with E-state index in [0.717, 1.165) is 36.2 Å². The van der Waals surface area contributed by atoms with Crippen molar-refractivity contribution in [2.24, 2.45) is 17.8 Å². The van der Waals surface area contributed by atoms with Crippen molar-refractivity contribution < 1.29 is 5.11 Å². The fourth-order valence-corrected chi connectivity index (χ4v) is 4.76. The average Bonchev–Trinajstić information content (AvgIpc) is 2.58. The van der Waals surface area contributed by atoms with Crippen LogP contribution in [0.3, 0.4) is 0 Å². The van der Waals surface area contributed by atoms with Gasteiger partial charge >= 0.3 is 0 Å². The van der Waals surface area contributed by atoms with Crippen LogP contribution in [0.2, 0.25) is 0 Å². The highest BCUT2D eigenvalue weighted by Crippen LogP contribution is 2.46. The van der Waals surface area contributed by atoms with Crippen LogP contribution in [-0.2, 0) is 5.60 Å². The highest BCUT2D eigenvalue weighted by atomic mass is 16.3. The molecule has 22 heavy (non-hydrogen) atoms. The van der Waals surface area contributed by atoms with Crippen molar-refractivity contribution in [3.63, 3.8) is 0 Å². The Morgan fingerprint density at radius 1 is 0.955 bits per heavy atom. The molecule has 0 aromatic heterocycles. The van der Waals surface area contributed by atoms with Crippen molar-refractivity contribution >= 4 is 0 Å². The van der Waals surface area contributed by atoms with Crippen LogP contribution in [0.15, 0.2) is 43.0 Å². The van der Waals surface area contributed by atoms with E-state index in [-0.39, 0.29) is 0 Å². The number of hydrogen-bond acceptors (Lipinski definition) is 1. The number of aliphatic hydroxyl groups is 1. The molecule has 0 aliphatic heterocycles. The molecule has 0 saturated heterocycles. The van der Waals surface area contributed by atoms with E-state index in [4.69, 9.17) is 0 Å². The normalized spacial score (nSPS) is 36.0. The van der Waals surface area contributed by atoms with Crippen LogP contribution < -0.4 is 0 Å². The first-order valence-corrected chi connectivity index (χ1v) is 9.10. The quantitative estimate of drug-likeness (QED) is 0.733. The molecule has 2 aliphatic rings. The Balaban J connectivity index is 1.53. The van der Waals surface area contributed by atoms with Crippen molar-refractivity contribution in [2.45, 2.75) is 63.4 Å². The Bertz CT molecular complexity index is 462. The molecular weight excluding hydrogens is 268 g/mol. The van der Waals surface area contributed by atoms with Gasteiger partial charge < -0.3 is 5.11 Å². The molecule has 0 spiro atoms. The van der Waals surface area contributed by atoms with Crippen LogP contribution in [0.4, 0.5) is 0 Å². The fourth-order valence-electron chi connectivity index (χ4n) is 4.76. The summed E-state index contributed by atoms with van der Waals surface area (Å²) in [4.78, 5) is 0. The highest BCUT2D eigenvalue weighted by molar-refractivity contribution is 5.22. The third-order valence-electron chi connectivity index (χ3n) is 6.23. The van der Waals surface area contributed by atoms with Gasteiger partial charge in [0.1, 0.15) is 0 Å². The summed E-state index contributed by atoms with van der Waals surface area (Å²) in [7, 11) is 0. The molecule has 0 bridgehead atoms. The summed E-state index contributed by atoms with van der Waals surface area (Å²) in [6.45, 7) is 3.88. The van der Waals surface area contributed by atoms with Crippen molar-refractivity contribution in [1.29, 1.82) is 0 Å². The summed E-state index contributed by atoms with van der Waals surface area (Å²) in [5.41, 5.74) is 0.542. The first kappa shape index (κ1) is 15.8. The van der Waals surface area contributed by atoms with Crippen LogP contribution in [-0.4, -0.2) is 5.11 Å². The summed E-state index contributed by atoms with van der Waals surface area (Å²) < 4.78 is 0. The monoisotopic (exact) mass is 298 g/mol. The standard InChI is InChI=1S/C21H30O/c1-2-6-17-9-11-18(12-10-17)19-13-15-21(22,16-14-19)20-7-4-3-5-8-20/h2-5,7-8,17-19,22H,1,6,9-16H2.